The average molecular weight is 300 g/mol. The molecule has 0 atom stereocenters. The second-order valence-corrected chi connectivity index (χ2v) is 6.21. The van der Waals surface area contributed by atoms with Crippen LogP contribution in [0.3, 0.4) is 0 Å². The molecule has 1 rings (SSSR count). The van der Waals surface area contributed by atoms with Gasteiger partial charge >= 0.3 is 0 Å². The van der Waals surface area contributed by atoms with Crippen LogP contribution in [0.1, 0.15) is 19.4 Å². The molecule has 1 aromatic rings. The van der Waals surface area contributed by atoms with Gasteiger partial charge in [-0.15, -0.1) is 0 Å². The number of carbonyl (C=O) groups excluding carboxylic acids is 1. The van der Waals surface area contributed by atoms with Gasteiger partial charge in [-0.2, -0.15) is 0 Å². The number of primary sulfonamides is 1. The largest absolute Gasteiger partial charge is 0.369 e. The zero-order chi connectivity index (χ0) is 15.2. The maximum atomic E-state index is 11.4. The number of carbonyl (C=O) groups is 1. The second-order valence-electron chi connectivity index (χ2n) is 4.65. The number of benzene rings is 1. The van der Waals surface area contributed by atoms with E-state index < -0.39 is 10.0 Å². The van der Waals surface area contributed by atoms with E-state index in [9.17, 15) is 13.2 Å². The van der Waals surface area contributed by atoms with Crippen molar-refractivity contribution in [3.63, 3.8) is 0 Å². The van der Waals surface area contributed by atoms with Crippen molar-refractivity contribution < 1.29 is 17.9 Å². The molecule has 0 spiro atoms. The Hall–Kier alpha value is -1.44. The van der Waals surface area contributed by atoms with Crippen LogP contribution in [0.2, 0.25) is 0 Å². The number of nitrogens with two attached hydrogens (primary N) is 1. The molecular formula is C13H20N2O4S. The van der Waals surface area contributed by atoms with Crippen molar-refractivity contribution in [3.8, 4) is 0 Å². The van der Waals surface area contributed by atoms with Crippen LogP contribution in [0.5, 0.6) is 0 Å². The smallest absolute Gasteiger partial charge is 0.246 e. The van der Waals surface area contributed by atoms with Gasteiger partial charge in [-0.3, -0.25) is 4.79 Å². The second kappa shape index (κ2) is 7.37. The molecule has 0 heterocycles. The molecule has 0 saturated carbocycles. The van der Waals surface area contributed by atoms with Crippen LogP contribution in [0.15, 0.2) is 29.2 Å². The molecule has 0 aliphatic carbocycles. The molecule has 0 unspecified atom stereocenters. The maximum Gasteiger partial charge on any atom is 0.246 e. The Morgan fingerprint density at radius 3 is 2.40 bits per heavy atom. The van der Waals surface area contributed by atoms with Gasteiger partial charge in [0.15, 0.2) is 0 Å². The Labute approximate surface area is 119 Å². The first-order chi connectivity index (χ1) is 9.29. The molecule has 0 saturated heterocycles. The molecule has 0 aliphatic heterocycles. The summed E-state index contributed by atoms with van der Waals surface area (Å²) < 4.78 is 27.3. The first-order valence-electron chi connectivity index (χ1n) is 6.29. The van der Waals surface area contributed by atoms with Crippen LogP contribution in [0.4, 0.5) is 0 Å². The molecule has 1 amide bonds. The minimum absolute atomic E-state index is 0.0199. The third kappa shape index (κ3) is 6.14. The van der Waals surface area contributed by atoms with Gasteiger partial charge in [0.25, 0.3) is 0 Å². The van der Waals surface area contributed by atoms with Crippen LogP contribution in [-0.2, 0) is 26.0 Å². The highest BCUT2D eigenvalue weighted by atomic mass is 32.2. The first-order valence-corrected chi connectivity index (χ1v) is 7.83. The Kier molecular flexibility index (Phi) is 6.12. The van der Waals surface area contributed by atoms with E-state index in [0.29, 0.717) is 13.0 Å². The topological polar surface area (TPSA) is 98.5 Å². The van der Waals surface area contributed by atoms with Crippen LogP contribution >= 0.6 is 0 Å². The summed E-state index contributed by atoms with van der Waals surface area (Å²) in [6.45, 7) is 4.23. The Bertz CT molecular complexity index is 538. The van der Waals surface area contributed by atoms with Crippen molar-refractivity contribution in [3.05, 3.63) is 29.8 Å². The standard InChI is InChI=1S/C13H20N2O4S/c1-10(2)19-9-13(16)15-8-7-11-3-5-12(6-4-11)20(14,17)18/h3-6,10H,7-9H2,1-2H3,(H,15,16)(H2,14,17,18). The number of sulfonamides is 1. The lowest BCUT2D eigenvalue weighted by molar-refractivity contribution is -0.127. The van der Waals surface area contributed by atoms with Gasteiger partial charge in [-0.1, -0.05) is 12.1 Å². The van der Waals surface area contributed by atoms with Crippen molar-refractivity contribution in [2.24, 2.45) is 5.14 Å². The molecule has 0 radical (unpaired) electrons. The molecule has 20 heavy (non-hydrogen) atoms. The van der Waals surface area contributed by atoms with Gasteiger partial charge in [0.1, 0.15) is 6.61 Å². The first kappa shape index (κ1) is 16.6. The van der Waals surface area contributed by atoms with E-state index in [-0.39, 0.29) is 23.5 Å². The van der Waals surface area contributed by atoms with E-state index in [0.717, 1.165) is 5.56 Å². The number of nitrogens with one attached hydrogen (secondary N) is 1. The maximum absolute atomic E-state index is 11.4. The summed E-state index contributed by atoms with van der Waals surface area (Å²) in [6, 6.07) is 6.26. The Morgan fingerprint density at radius 2 is 1.90 bits per heavy atom. The molecule has 3 N–H and O–H groups in total. The highest BCUT2D eigenvalue weighted by Crippen LogP contribution is 2.08. The predicted octanol–water partition coefficient (Wildman–Crippen LogP) is 0.418. The normalized spacial score (nSPS) is 11.6. The molecular weight excluding hydrogens is 280 g/mol. The van der Waals surface area contributed by atoms with E-state index >= 15 is 0 Å². The molecule has 6 nitrogen and oxygen atoms in total. The SMILES string of the molecule is CC(C)OCC(=O)NCCc1ccc(S(N)(=O)=O)cc1. The molecule has 0 fully saturated rings. The lowest BCUT2D eigenvalue weighted by Crippen LogP contribution is -2.30. The number of rotatable bonds is 7. The van der Waals surface area contributed by atoms with Crippen molar-refractivity contribution in [1.29, 1.82) is 0 Å². The minimum Gasteiger partial charge on any atom is -0.369 e. The Balaban J connectivity index is 2.38. The molecule has 0 aromatic heterocycles. The molecule has 0 aliphatic rings. The monoisotopic (exact) mass is 300 g/mol. The molecule has 1 aromatic carbocycles. The fraction of sp³-hybridized carbons (Fsp3) is 0.462. The fourth-order valence-electron chi connectivity index (χ4n) is 1.49. The van der Waals surface area contributed by atoms with Gasteiger partial charge in [0.2, 0.25) is 15.9 Å². The predicted molar refractivity (Wildman–Crippen MR) is 75.6 cm³/mol. The summed E-state index contributed by atoms with van der Waals surface area (Å²) >= 11 is 0. The third-order valence-electron chi connectivity index (χ3n) is 2.54. The van der Waals surface area contributed by atoms with E-state index in [1.54, 1.807) is 12.1 Å². The lowest BCUT2D eigenvalue weighted by atomic mass is 10.1. The Morgan fingerprint density at radius 1 is 1.30 bits per heavy atom. The number of amides is 1. The summed E-state index contributed by atoms with van der Waals surface area (Å²) in [5.74, 6) is -0.167. The minimum atomic E-state index is -3.66. The quantitative estimate of drug-likeness (QED) is 0.762. The summed E-state index contributed by atoms with van der Waals surface area (Å²) in [5, 5.41) is 7.73. The van der Waals surface area contributed by atoms with Crippen LogP contribution in [0.25, 0.3) is 0 Å². The van der Waals surface area contributed by atoms with Crippen LogP contribution in [-0.4, -0.2) is 33.6 Å². The molecule has 7 heteroatoms. The van der Waals surface area contributed by atoms with Crippen molar-refractivity contribution in [2.45, 2.75) is 31.3 Å². The number of hydrogen-bond acceptors (Lipinski definition) is 4. The average Bonchev–Trinajstić information content (AvgIpc) is 2.36. The highest BCUT2D eigenvalue weighted by Gasteiger charge is 2.07. The third-order valence-corrected chi connectivity index (χ3v) is 3.46. The van der Waals surface area contributed by atoms with Gasteiger partial charge in [-0.25, -0.2) is 13.6 Å². The van der Waals surface area contributed by atoms with Crippen molar-refractivity contribution in [1.82, 2.24) is 5.32 Å². The van der Waals surface area contributed by atoms with E-state index in [2.05, 4.69) is 5.32 Å². The lowest BCUT2D eigenvalue weighted by Gasteiger charge is -2.08. The number of ether oxygens (including phenoxy) is 1. The van der Waals surface area contributed by atoms with E-state index in [1.807, 2.05) is 13.8 Å². The van der Waals surface area contributed by atoms with Gasteiger partial charge in [-0.05, 0) is 38.0 Å². The van der Waals surface area contributed by atoms with E-state index in [1.165, 1.54) is 12.1 Å². The summed E-state index contributed by atoms with van der Waals surface area (Å²) in [6.07, 6.45) is 0.629. The van der Waals surface area contributed by atoms with Crippen LogP contribution in [0, 0.1) is 0 Å². The van der Waals surface area contributed by atoms with Crippen molar-refractivity contribution in [2.75, 3.05) is 13.2 Å². The van der Waals surface area contributed by atoms with Gasteiger partial charge in [0.05, 0.1) is 11.0 Å². The highest BCUT2D eigenvalue weighted by molar-refractivity contribution is 7.89. The number of hydrogen-bond donors (Lipinski definition) is 2. The zero-order valence-corrected chi connectivity index (χ0v) is 12.4. The summed E-state index contributed by atoms with van der Waals surface area (Å²) in [4.78, 5) is 11.5. The summed E-state index contributed by atoms with van der Waals surface area (Å²) in [5.41, 5.74) is 0.919. The zero-order valence-electron chi connectivity index (χ0n) is 11.6. The van der Waals surface area contributed by atoms with E-state index in [4.69, 9.17) is 9.88 Å². The molecule has 0 bridgehead atoms. The molecule has 112 valence electrons. The van der Waals surface area contributed by atoms with Crippen molar-refractivity contribution >= 4 is 15.9 Å². The van der Waals surface area contributed by atoms with Gasteiger partial charge in [0, 0.05) is 6.54 Å². The van der Waals surface area contributed by atoms with Crippen LogP contribution < -0.4 is 10.5 Å². The van der Waals surface area contributed by atoms with Gasteiger partial charge < -0.3 is 10.1 Å². The fourth-order valence-corrected chi connectivity index (χ4v) is 2.00. The summed E-state index contributed by atoms with van der Waals surface area (Å²) in [7, 11) is -3.66.